The third-order valence-corrected chi connectivity index (χ3v) is 6.54. The molecule has 5 aromatic rings. The lowest BCUT2D eigenvalue weighted by atomic mass is 10.2. The fourth-order valence-corrected chi connectivity index (χ4v) is 5.03. The first kappa shape index (κ1) is 19.0. The Hall–Kier alpha value is -3.74. The number of hydrogen-bond acceptors (Lipinski definition) is 5. The molecule has 0 spiro atoms. The van der Waals surface area contributed by atoms with Crippen LogP contribution in [0.1, 0.15) is 0 Å². The predicted octanol–water partition coefficient (Wildman–Crippen LogP) is 5.97. The highest BCUT2D eigenvalue weighted by Gasteiger charge is 2.14. The van der Waals surface area contributed by atoms with Gasteiger partial charge in [0.05, 0.1) is 16.7 Å². The van der Waals surface area contributed by atoms with Gasteiger partial charge >= 0.3 is 0 Å². The largest absolute Gasteiger partial charge is 0.299 e. The first-order valence-corrected chi connectivity index (χ1v) is 11.3. The SMILES string of the molecule is CN1C=CN(c2cccc(Sc3ccc4c5ccccc5n(-c5ccccn5)c4c3)c2)N1. The second-order valence-electron chi connectivity index (χ2n) is 7.70. The lowest BCUT2D eigenvalue weighted by molar-refractivity contribution is 0.359. The molecule has 1 aliphatic heterocycles. The Morgan fingerprint density at radius 1 is 0.750 bits per heavy atom. The highest BCUT2D eigenvalue weighted by molar-refractivity contribution is 7.99. The predicted molar refractivity (Wildman–Crippen MR) is 132 cm³/mol. The molecule has 6 heteroatoms. The van der Waals surface area contributed by atoms with Crippen molar-refractivity contribution < 1.29 is 0 Å². The van der Waals surface area contributed by atoms with Crippen molar-refractivity contribution in [3.63, 3.8) is 0 Å². The van der Waals surface area contributed by atoms with Crippen LogP contribution in [-0.4, -0.2) is 21.6 Å². The van der Waals surface area contributed by atoms with Crippen molar-refractivity contribution in [3.8, 4) is 5.82 Å². The van der Waals surface area contributed by atoms with Crippen LogP contribution in [0.2, 0.25) is 0 Å². The van der Waals surface area contributed by atoms with Crippen molar-refractivity contribution >= 4 is 39.3 Å². The Labute approximate surface area is 190 Å². The molecule has 5 nitrogen and oxygen atoms in total. The number of para-hydroxylation sites is 1. The van der Waals surface area contributed by atoms with Gasteiger partial charge < -0.3 is 0 Å². The number of hydrogen-bond donors (Lipinski definition) is 1. The van der Waals surface area contributed by atoms with E-state index in [0.29, 0.717) is 0 Å². The molecule has 1 aliphatic rings. The third kappa shape index (κ3) is 3.30. The van der Waals surface area contributed by atoms with Crippen LogP contribution < -0.4 is 10.5 Å². The molecule has 0 atom stereocenters. The van der Waals surface area contributed by atoms with Crippen molar-refractivity contribution in [3.05, 3.63) is 104 Å². The maximum atomic E-state index is 4.63. The monoisotopic (exact) mass is 435 g/mol. The third-order valence-electron chi connectivity index (χ3n) is 5.56. The summed E-state index contributed by atoms with van der Waals surface area (Å²) in [5.74, 6) is 0.930. The van der Waals surface area contributed by atoms with Crippen LogP contribution >= 0.6 is 11.8 Å². The van der Waals surface area contributed by atoms with Gasteiger partial charge in [0.1, 0.15) is 5.82 Å². The first-order valence-electron chi connectivity index (χ1n) is 10.5. The van der Waals surface area contributed by atoms with E-state index < -0.39 is 0 Å². The molecule has 156 valence electrons. The fraction of sp³-hybridized carbons (Fsp3) is 0.0385. The summed E-state index contributed by atoms with van der Waals surface area (Å²) in [6.07, 6.45) is 5.85. The average molecular weight is 436 g/mol. The quantitative estimate of drug-likeness (QED) is 0.376. The Morgan fingerprint density at radius 2 is 1.59 bits per heavy atom. The number of hydrazine groups is 2. The summed E-state index contributed by atoms with van der Waals surface area (Å²) in [5.41, 5.74) is 6.69. The molecule has 0 bridgehead atoms. The molecule has 0 fully saturated rings. The Morgan fingerprint density at radius 3 is 2.44 bits per heavy atom. The molecule has 6 rings (SSSR count). The molecule has 3 aromatic carbocycles. The zero-order valence-corrected chi connectivity index (χ0v) is 18.3. The van der Waals surface area contributed by atoms with E-state index >= 15 is 0 Å². The maximum absolute atomic E-state index is 4.63. The molecule has 32 heavy (non-hydrogen) atoms. The first-order chi connectivity index (χ1) is 15.8. The maximum Gasteiger partial charge on any atom is 0.137 e. The molecule has 1 N–H and O–H groups in total. The zero-order chi connectivity index (χ0) is 21.5. The smallest absolute Gasteiger partial charge is 0.137 e. The standard InChI is InChI=1S/C26H21N5S/c1-29-15-16-30(28-29)19-7-6-8-20(17-19)32-21-12-13-23-22-9-2-3-10-24(22)31(25(23)18-21)26-11-4-5-14-27-26/h2-18,28H,1H3. The summed E-state index contributed by atoms with van der Waals surface area (Å²) in [7, 11) is 1.98. The lowest BCUT2D eigenvalue weighted by Gasteiger charge is -2.19. The van der Waals surface area contributed by atoms with Crippen LogP contribution in [0.25, 0.3) is 27.6 Å². The van der Waals surface area contributed by atoms with Gasteiger partial charge in [-0.15, -0.1) is 5.53 Å². The molecule has 3 heterocycles. The van der Waals surface area contributed by atoms with Crippen molar-refractivity contribution in [1.29, 1.82) is 0 Å². The molecule has 2 aromatic heterocycles. The van der Waals surface area contributed by atoms with Gasteiger partial charge in [0.25, 0.3) is 0 Å². The summed E-state index contributed by atoms with van der Waals surface area (Å²) < 4.78 is 2.25. The number of aromatic nitrogens is 2. The van der Waals surface area contributed by atoms with E-state index in [0.717, 1.165) is 17.0 Å². The van der Waals surface area contributed by atoms with Gasteiger partial charge in [-0.3, -0.25) is 14.6 Å². The molecule has 0 radical (unpaired) electrons. The molecular formula is C26H21N5S. The minimum Gasteiger partial charge on any atom is -0.299 e. The number of benzene rings is 3. The molecule has 0 amide bonds. The van der Waals surface area contributed by atoms with Crippen LogP contribution in [0.5, 0.6) is 0 Å². The Kier molecular flexibility index (Phi) is 4.60. The highest BCUT2D eigenvalue weighted by Crippen LogP contribution is 2.36. The fourth-order valence-electron chi connectivity index (χ4n) is 4.13. The lowest BCUT2D eigenvalue weighted by Crippen LogP contribution is -2.36. The molecule has 0 saturated carbocycles. The van der Waals surface area contributed by atoms with Gasteiger partial charge in [-0.05, 0) is 48.5 Å². The molecule has 0 saturated heterocycles. The number of nitrogens with one attached hydrogen (secondary N) is 1. The number of nitrogens with zero attached hydrogens (tertiary/aromatic N) is 4. The van der Waals surface area contributed by atoms with E-state index in [1.165, 1.54) is 26.1 Å². The van der Waals surface area contributed by atoms with Gasteiger partial charge in [-0.2, -0.15) is 0 Å². The summed E-state index contributed by atoms with van der Waals surface area (Å²) in [4.78, 5) is 7.01. The van der Waals surface area contributed by atoms with Crippen LogP contribution in [0.4, 0.5) is 5.69 Å². The van der Waals surface area contributed by atoms with Gasteiger partial charge in [-0.25, -0.2) is 4.98 Å². The Bertz CT molecular complexity index is 1460. The topological polar surface area (TPSA) is 36.3 Å². The van der Waals surface area contributed by atoms with E-state index in [4.69, 9.17) is 0 Å². The zero-order valence-electron chi connectivity index (χ0n) is 17.5. The van der Waals surface area contributed by atoms with Gasteiger partial charge in [-0.1, -0.05) is 48.2 Å². The van der Waals surface area contributed by atoms with E-state index in [1.807, 2.05) is 47.8 Å². The van der Waals surface area contributed by atoms with E-state index in [-0.39, 0.29) is 0 Å². The van der Waals surface area contributed by atoms with Crippen molar-refractivity contribution in [1.82, 2.24) is 20.1 Å². The molecule has 0 aliphatic carbocycles. The number of pyridine rings is 1. The van der Waals surface area contributed by atoms with E-state index in [9.17, 15) is 0 Å². The second-order valence-corrected chi connectivity index (χ2v) is 8.84. The number of anilines is 1. The minimum absolute atomic E-state index is 0.930. The van der Waals surface area contributed by atoms with E-state index in [2.05, 4.69) is 87.9 Å². The van der Waals surface area contributed by atoms with Gasteiger partial charge in [0.2, 0.25) is 0 Å². The average Bonchev–Trinajstić information content (AvgIpc) is 3.41. The van der Waals surface area contributed by atoms with Crippen molar-refractivity contribution in [2.24, 2.45) is 0 Å². The summed E-state index contributed by atoms with van der Waals surface area (Å²) in [6, 6.07) is 29.8. The summed E-state index contributed by atoms with van der Waals surface area (Å²) in [5, 5.41) is 6.40. The van der Waals surface area contributed by atoms with Crippen LogP contribution in [0.3, 0.4) is 0 Å². The molecular weight excluding hydrogens is 414 g/mol. The van der Waals surface area contributed by atoms with Crippen LogP contribution in [0, 0.1) is 0 Å². The minimum atomic E-state index is 0.930. The Balaban J connectivity index is 1.43. The highest BCUT2D eigenvalue weighted by atomic mass is 32.2. The van der Waals surface area contributed by atoms with Crippen LogP contribution in [-0.2, 0) is 0 Å². The normalized spacial score (nSPS) is 13.5. The van der Waals surface area contributed by atoms with Crippen molar-refractivity contribution in [2.75, 3.05) is 12.1 Å². The van der Waals surface area contributed by atoms with Gasteiger partial charge in [0, 0.05) is 46.2 Å². The number of rotatable bonds is 4. The van der Waals surface area contributed by atoms with Crippen LogP contribution in [0.15, 0.2) is 113 Å². The summed E-state index contributed by atoms with van der Waals surface area (Å²) in [6.45, 7) is 0. The molecule has 0 unspecified atom stereocenters. The van der Waals surface area contributed by atoms with Gasteiger partial charge in [0.15, 0.2) is 0 Å². The second kappa shape index (κ2) is 7.75. The van der Waals surface area contributed by atoms with Crippen molar-refractivity contribution in [2.45, 2.75) is 9.79 Å². The summed E-state index contributed by atoms with van der Waals surface area (Å²) >= 11 is 1.76. The van der Waals surface area contributed by atoms with E-state index in [1.54, 1.807) is 11.8 Å². The number of fused-ring (bicyclic) bond motifs is 3.